The van der Waals surface area contributed by atoms with Crippen LogP contribution in [-0.4, -0.2) is 41.8 Å². The van der Waals surface area contributed by atoms with E-state index in [4.69, 9.17) is 4.74 Å². The molecule has 2 aromatic rings. The van der Waals surface area contributed by atoms with Crippen molar-refractivity contribution in [2.45, 2.75) is 25.8 Å². The first-order valence-corrected chi connectivity index (χ1v) is 9.65. The third kappa shape index (κ3) is 4.46. The first-order chi connectivity index (χ1) is 13.1. The zero-order valence-electron chi connectivity index (χ0n) is 14.9. The summed E-state index contributed by atoms with van der Waals surface area (Å²) in [5.74, 6) is -0.301. The highest BCUT2D eigenvalue weighted by Gasteiger charge is 2.35. The predicted octanol–water partition coefficient (Wildman–Crippen LogP) is 2.21. The fourth-order valence-corrected chi connectivity index (χ4v) is 3.65. The summed E-state index contributed by atoms with van der Waals surface area (Å²) in [5.41, 5.74) is 5.24. The first kappa shape index (κ1) is 18.9. The van der Waals surface area contributed by atoms with Gasteiger partial charge >= 0.3 is 0 Å². The number of thiophene rings is 1. The number of likely N-dealkylation sites (tertiary alicyclic amines) is 1. The van der Waals surface area contributed by atoms with Gasteiger partial charge in [0.15, 0.2) is 0 Å². The maximum Gasteiger partial charge on any atom is 0.269 e. The van der Waals surface area contributed by atoms with E-state index in [1.807, 2.05) is 12.3 Å². The number of nitrogens with one attached hydrogen (secondary N) is 2. The molecular formula is C19H21N3O4S. The average Bonchev–Trinajstić information content (AvgIpc) is 3.38. The molecule has 3 rings (SSSR count). The van der Waals surface area contributed by atoms with Gasteiger partial charge in [-0.05, 0) is 55.5 Å². The number of amides is 3. The van der Waals surface area contributed by atoms with Crippen LogP contribution in [0.5, 0.6) is 5.75 Å². The molecular weight excluding hydrogens is 366 g/mol. The van der Waals surface area contributed by atoms with Crippen molar-refractivity contribution in [3.63, 3.8) is 0 Å². The zero-order chi connectivity index (χ0) is 19.2. The quantitative estimate of drug-likeness (QED) is 0.770. The van der Waals surface area contributed by atoms with Crippen LogP contribution in [0.2, 0.25) is 0 Å². The van der Waals surface area contributed by atoms with Crippen LogP contribution in [0, 0.1) is 0 Å². The molecule has 3 amide bonds. The van der Waals surface area contributed by atoms with Gasteiger partial charge in [0.1, 0.15) is 11.8 Å². The molecule has 0 aliphatic carbocycles. The fourth-order valence-electron chi connectivity index (χ4n) is 2.97. The van der Waals surface area contributed by atoms with E-state index in [2.05, 4.69) is 10.9 Å². The standard InChI is InChI=1S/C19H21N3O4S/c1-2-26-14-9-7-13(8-10-14)17(23)20-21-18(24)15-5-3-11-22(15)19(25)16-6-4-12-27-16/h4,6-10,12,15H,2-3,5,11H2,1H3,(H,20,23)(H,21,24)/t15-/m0/s1. The molecule has 2 heterocycles. The molecule has 0 bridgehead atoms. The predicted molar refractivity (Wildman–Crippen MR) is 102 cm³/mol. The Hall–Kier alpha value is -2.87. The number of hydrogen-bond acceptors (Lipinski definition) is 5. The van der Waals surface area contributed by atoms with Gasteiger partial charge in [0.05, 0.1) is 11.5 Å². The normalized spacial score (nSPS) is 16.0. The van der Waals surface area contributed by atoms with E-state index in [0.29, 0.717) is 35.8 Å². The summed E-state index contributed by atoms with van der Waals surface area (Å²) in [6, 6.07) is 9.59. The number of ether oxygens (including phenoxy) is 1. The van der Waals surface area contributed by atoms with Crippen LogP contribution < -0.4 is 15.6 Å². The molecule has 1 saturated heterocycles. The Morgan fingerprint density at radius 3 is 2.63 bits per heavy atom. The highest BCUT2D eigenvalue weighted by Crippen LogP contribution is 2.22. The van der Waals surface area contributed by atoms with Gasteiger partial charge in [-0.3, -0.25) is 25.2 Å². The van der Waals surface area contributed by atoms with Gasteiger partial charge in [0, 0.05) is 12.1 Å². The van der Waals surface area contributed by atoms with Crippen molar-refractivity contribution in [3.05, 3.63) is 52.2 Å². The number of hydrogen-bond donors (Lipinski definition) is 2. The number of carbonyl (C=O) groups is 3. The summed E-state index contributed by atoms with van der Waals surface area (Å²) in [7, 11) is 0. The van der Waals surface area contributed by atoms with Crippen molar-refractivity contribution in [1.29, 1.82) is 0 Å². The van der Waals surface area contributed by atoms with E-state index in [1.54, 1.807) is 41.3 Å². The second-order valence-corrected chi connectivity index (χ2v) is 6.98. The molecule has 0 unspecified atom stereocenters. The van der Waals surface area contributed by atoms with E-state index in [0.717, 1.165) is 6.42 Å². The minimum absolute atomic E-state index is 0.152. The summed E-state index contributed by atoms with van der Waals surface area (Å²) in [4.78, 5) is 39.3. The van der Waals surface area contributed by atoms with Crippen LogP contribution in [0.15, 0.2) is 41.8 Å². The molecule has 1 aromatic carbocycles. The molecule has 0 spiro atoms. The van der Waals surface area contributed by atoms with E-state index in [1.165, 1.54) is 11.3 Å². The molecule has 1 aliphatic heterocycles. The van der Waals surface area contributed by atoms with Crippen LogP contribution in [0.1, 0.15) is 39.8 Å². The third-order valence-corrected chi connectivity index (χ3v) is 5.13. The Labute approximate surface area is 161 Å². The Bertz CT molecular complexity index is 805. The van der Waals surface area contributed by atoms with Crippen molar-refractivity contribution >= 4 is 29.1 Å². The summed E-state index contributed by atoms with van der Waals surface area (Å²) in [6.45, 7) is 2.96. The zero-order valence-corrected chi connectivity index (χ0v) is 15.8. The number of nitrogens with zero attached hydrogens (tertiary/aromatic N) is 1. The van der Waals surface area contributed by atoms with Crippen LogP contribution in [0.4, 0.5) is 0 Å². The Morgan fingerprint density at radius 1 is 1.19 bits per heavy atom. The molecule has 0 saturated carbocycles. The summed E-state index contributed by atoms with van der Waals surface area (Å²) < 4.78 is 5.33. The number of benzene rings is 1. The summed E-state index contributed by atoms with van der Waals surface area (Å²) >= 11 is 1.35. The van der Waals surface area contributed by atoms with Gasteiger partial charge in [0.25, 0.3) is 17.7 Å². The Balaban J connectivity index is 1.56. The van der Waals surface area contributed by atoms with Gasteiger partial charge in [0.2, 0.25) is 0 Å². The van der Waals surface area contributed by atoms with E-state index < -0.39 is 17.9 Å². The molecule has 8 heteroatoms. The lowest BCUT2D eigenvalue weighted by atomic mass is 10.2. The third-order valence-electron chi connectivity index (χ3n) is 4.28. The lowest BCUT2D eigenvalue weighted by molar-refractivity contribution is -0.125. The van der Waals surface area contributed by atoms with Crippen LogP contribution >= 0.6 is 11.3 Å². The average molecular weight is 387 g/mol. The van der Waals surface area contributed by atoms with Crippen molar-refractivity contribution < 1.29 is 19.1 Å². The fraction of sp³-hybridized carbons (Fsp3) is 0.316. The van der Waals surface area contributed by atoms with Gasteiger partial charge < -0.3 is 9.64 Å². The minimum Gasteiger partial charge on any atom is -0.494 e. The molecule has 0 radical (unpaired) electrons. The molecule has 1 aromatic heterocycles. The number of rotatable bonds is 5. The van der Waals surface area contributed by atoms with Gasteiger partial charge in [-0.2, -0.15) is 0 Å². The van der Waals surface area contributed by atoms with Gasteiger partial charge in [-0.25, -0.2) is 0 Å². The van der Waals surface area contributed by atoms with E-state index in [-0.39, 0.29) is 5.91 Å². The van der Waals surface area contributed by atoms with Crippen molar-refractivity contribution in [2.24, 2.45) is 0 Å². The smallest absolute Gasteiger partial charge is 0.269 e. The van der Waals surface area contributed by atoms with Gasteiger partial charge in [-0.1, -0.05) is 6.07 Å². The van der Waals surface area contributed by atoms with Gasteiger partial charge in [-0.15, -0.1) is 11.3 Å². The van der Waals surface area contributed by atoms with E-state index in [9.17, 15) is 14.4 Å². The number of carbonyl (C=O) groups excluding carboxylic acids is 3. The Kier molecular flexibility index (Phi) is 6.08. The molecule has 1 aliphatic rings. The van der Waals surface area contributed by atoms with Crippen molar-refractivity contribution in [1.82, 2.24) is 15.8 Å². The molecule has 27 heavy (non-hydrogen) atoms. The van der Waals surface area contributed by atoms with Crippen LogP contribution in [0.25, 0.3) is 0 Å². The van der Waals surface area contributed by atoms with E-state index >= 15 is 0 Å². The number of hydrazine groups is 1. The van der Waals surface area contributed by atoms with Crippen LogP contribution in [0.3, 0.4) is 0 Å². The monoisotopic (exact) mass is 387 g/mol. The topological polar surface area (TPSA) is 87.7 Å². The maximum absolute atomic E-state index is 12.5. The van der Waals surface area contributed by atoms with Crippen LogP contribution in [-0.2, 0) is 4.79 Å². The second-order valence-electron chi connectivity index (χ2n) is 6.03. The summed E-state index contributed by atoms with van der Waals surface area (Å²) in [5, 5.41) is 1.83. The van der Waals surface area contributed by atoms with Crippen molar-refractivity contribution in [2.75, 3.05) is 13.2 Å². The molecule has 142 valence electrons. The lowest BCUT2D eigenvalue weighted by Crippen LogP contribution is -2.51. The molecule has 7 nitrogen and oxygen atoms in total. The maximum atomic E-state index is 12.5. The Morgan fingerprint density at radius 2 is 1.96 bits per heavy atom. The summed E-state index contributed by atoms with van der Waals surface area (Å²) in [6.07, 6.45) is 1.32. The highest BCUT2D eigenvalue weighted by atomic mass is 32.1. The molecule has 1 fully saturated rings. The second kappa shape index (κ2) is 8.68. The molecule has 2 N–H and O–H groups in total. The molecule has 1 atom stereocenters. The highest BCUT2D eigenvalue weighted by molar-refractivity contribution is 7.12. The van der Waals surface area contributed by atoms with Crippen molar-refractivity contribution in [3.8, 4) is 5.75 Å². The lowest BCUT2D eigenvalue weighted by Gasteiger charge is -2.23. The largest absolute Gasteiger partial charge is 0.494 e. The minimum atomic E-state index is -0.583. The first-order valence-electron chi connectivity index (χ1n) is 8.77. The SMILES string of the molecule is CCOc1ccc(C(=O)NNC(=O)[C@@H]2CCCN2C(=O)c2cccs2)cc1.